The number of piperidine rings is 1. The van der Waals surface area contributed by atoms with Gasteiger partial charge in [-0.3, -0.25) is 0 Å². The summed E-state index contributed by atoms with van der Waals surface area (Å²) in [4.78, 5) is 2.33. The molecule has 1 saturated heterocycles. The van der Waals surface area contributed by atoms with Crippen LogP contribution in [0.2, 0.25) is 0 Å². The van der Waals surface area contributed by atoms with Crippen LogP contribution in [0.15, 0.2) is 48.5 Å². The molecule has 1 aliphatic rings. The van der Waals surface area contributed by atoms with Gasteiger partial charge >= 0.3 is 0 Å². The Morgan fingerprint density at radius 2 is 1.50 bits per heavy atom. The molecule has 1 heterocycles. The molecule has 1 N–H and O–H groups in total. The highest BCUT2D eigenvalue weighted by molar-refractivity contribution is 5.49. The van der Waals surface area contributed by atoms with Crippen molar-refractivity contribution in [2.45, 2.75) is 18.8 Å². The van der Waals surface area contributed by atoms with E-state index in [4.69, 9.17) is 0 Å². The third kappa shape index (κ3) is 2.77. The standard InChI is InChI=1S/C17H18FNO/c18-15-3-1-13(2-4-15)14-9-11-19(12-10-14)16-5-7-17(20)8-6-16/h1-8,14,20H,9-12H2. The molecule has 2 nitrogen and oxygen atoms in total. The highest BCUT2D eigenvalue weighted by Gasteiger charge is 2.20. The quantitative estimate of drug-likeness (QED) is 0.895. The van der Waals surface area contributed by atoms with Crippen LogP contribution in [-0.2, 0) is 0 Å². The van der Waals surface area contributed by atoms with Crippen molar-refractivity contribution in [3.8, 4) is 5.75 Å². The summed E-state index contributed by atoms with van der Waals surface area (Å²) in [6.45, 7) is 1.99. The number of hydrogen-bond donors (Lipinski definition) is 1. The van der Waals surface area contributed by atoms with Gasteiger partial charge in [0.2, 0.25) is 0 Å². The molecule has 0 aromatic heterocycles. The number of anilines is 1. The van der Waals surface area contributed by atoms with Crippen LogP contribution in [0.4, 0.5) is 10.1 Å². The van der Waals surface area contributed by atoms with Gasteiger partial charge in [-0.1, -0.05) is 12.1 Å². The molecule has 0 spiro atoms. The van der Waals surface area contributed by atoms with Crippen LogP contribution in [0, 0.1) is 5.82 Å². The Hall–Kier alpha value is -2.03. The van der Waals surface area contributed by atoms with Crippen molar-refractivity contribution in [3.63, 3.8) is 0 Å². The molecule has 1 fully saturated rings. The second-order valence-corrected chi connectivity index (χ2v) is 5.33. The Morgan fingerprint density at radius 1 is 0.900 bits per heavy atom. The fourth-order valence-electron chi connectivity index (χ4n) is 2.87. The van der Waals surface area contributed by atoms with Gasteiger partial charge in [-0.25, -0.2) is 4.39 Å². The number of nitrogens with zero attached hydrogens (tertiary/aromatic N) is 1. The molecule has 0 unspecified atom stereocenters. The second kappa shape index (κ2) is 5.53. The molecule has 0 amide bonds. The molecule has 0 aliphatic carbocycles. The van der Waals surface area contributed by atoms with Gasteiger partial charge in [-0.05, 0) is 60.7 Å². The topological polar surface area (TPSA) is 23.5 Å². The van der Waals surface area contributed by atoms with Crippen molar-refractivity contribution in [1.29, 1.82) is 0 Å². The largest absolute Gasteiger partial charge is 0.508 e. The molecule has 2 aromatic carbocycles. The van der Waals surface area contributed by atoms with Crippen molar-refractivity contribution >= 4 is 5.69 Å². The lowest BCUT2D eigenvalue weighted by molar-refractivity contribution is 0.474. The fraction of sp³-hybridized carbons (Fsp3) is 0.294. The Bertz CT molecular complexity index is 503. The lowest BCUT2D eigenvalue weighted by atomic mass is 9.89. The molecule has 3 heteroatoms. The molecule has 0 radical (unpaired) electrons. The summed E-state index contributed by atoms with van der Waals surface area (Å²) in [5, 5.41) is 9.32. The van der Waals surface area contributed by atoms with Crippen molar-refractivity contribution < 1.29 is 9.50 Å². The molecule has 0 atom stereocenters. The number of rotatable bonds is 2. The maximum absolute atomic E-state index is 12.9. The van der Waals surface area contributed by atoms with E-state index >= 15 is 0 Å². The first-order valence-electron chi connectivity index (χ1n) is 7.02. The van der Waals surface area contributed by atoms with E-state index in [1.807, 2.05) is 24.3 Å². The molecule has 0 saturated carbocycles. The van der Waals surface area contributed by atoms with Gasteiger partial charge in [-0.2, -0.15) is 0 Å². The number of benzene rings is 2. The summed E-state index contributed by atoms with van der Waals surface area (Å²) in [5.74, 6) is 0.647. The average Bonchev–Trinajstić information content (AvgIpc) is 2.49. The Labute approximate surface area is 118 Å². The van der Waals surface area contributed by atoms with E-state index in [0.717, 1.165) is 31.6 Å². The summed E-state index contributed by atoms with van der Waals surface area (Å²) < 4.78 is 12.9. The zero-order chi connectivity index (χ0) is 13.9. The maximum Gasteiger partial charge on any atom is 0.123 e. The van der Waals surface area contributed by atoms with E-state index in [1.54, 1.807) is 24.3 Å². The molecule has 20 heavy (non-hydrogen) atoms. The zero-order valence-corrected chi connectivity index (χ0v) is 11.3. The fourth-order valence-corrected chi connectivity index (χ4v) is 2.87. The van der Waals surface area contributed by atoms with E-state index in [9.17, 15) is 9.50 Å². The molecule has 1 aliphatic heterocycles. The van der Waals surface area contributed by atoms with Gasteiger partial charge < -0.3 is 10.0 Å². The van der Waals surface area contributed by atoms with E-state index in [0.29, 0.717) is 11.7 Å². The number of phenolic OH excluding ortho intramolecular Hbond substituents is 1. The summed E-state index contributed by atoms with van der Waals surface area (Å²) >= 11 is 0. The first-order chi connectivity index (χ1) is 9.72. The molecule has 3 rings (SSSR count). The molecule has 2 aromatic rings. The van der Waals surface area contributed by atoms with E-state index in [1.165, 1.54) is 5.56 Å². The smallest absolute Gasteiger partial charge is 0.123 e. The summed E-state index contributed by atoms with van der Waals surface area (Å²) in [7, 11) is 0. The number of phenols is 1. The zero-order valence-electron chi connectivity index (χ0n) is 11.3. The Balaban J connectivity index is 1.64. The molecule has 0 bridgehead atoms. The highest BCUT2D eigenvalue weighted by Crippen LogP contribution is 2.30. The monoisotopic (exact) mass is 271 g/mol. The first-order valence-corrected chi connectivity index (χ1v) is 7.02. The van der Waals surface area contributed by atoms with Gasteiger partial charge in [0, 0.05) is 18.8 Å². The lowest BCUT2D eigenvalue weighted by Crippen LogP contribution is -2.32. The SMILES string of the molecule is Oc1ccc(N2CCC(c3ccc(F)cc3)CC2)cc1. The van der Waals surface area contributed by atoms with Crippen LogP contribution in [0.5, 0.6) is 5.75 Å². The van der Waals surface area contributed by atoms with E-state index in [-0.39, 0.29) is 5.82 Å². The van der Waals surface area contributed by atoms with Gasteiger partial charge in [0.1, 0.15) is 11.6 Å². The number of hydrogen-bond acceptors (Lipinski definition) is 2. The average molecular weight is 271 g/mol. The predicted octanol–water partition coefficient (Wildman–Crippen LogP) is 3.92. The van der Waals surface area contributed by atoms with Gasteiger partial charge in [0.25, 0.3) is 0 Å². The van der Waals surface area contributed by atoms with E-state index in [2.05, 4.69) is 4.90 Å². The number of aromatic hydroxyl groups is 1. The summed E-state index contributed by atoms with van der Waals surface area (Å²) in [6.07, 6.45) is 2.15. The van der Waals surface area contributed by atoms with Gasteiger partial charge in [0.05, 0.1) is 0 Å². The summed E-state index contributed by atoms with van der Waals surface area (Å²) in [6, 6.07) is 14.2. The van der Waals surface area contributed by atoms with Crippen molar-refractivity contribution in [2.75, 3.05) is 18.0 Å². The minimum Gasteiger partial charge on any atom is -0.508 e. The molecule has 104 valence electrons. The lowest BCUT2D eigenvalue weighted by Gasteiger charge is -2.33. The minimum absolute atomic E-state index is 0.171. The second-order valence-electron chi connectivity index (χ2n) is 5.33. The molecular weight excluding hydrogens is 253 g/mol. The van der Waals surface area contributed by atoms with Crippen LogP contribution < -0.4 is 4.90 Å². The van der Waals surface area contributed by atoms with E-state index < -0.39 is 0 Å². The van der Waals surface area contributed by atoms with Crippen LogP contribution in [-0.4, -0.2) is 18.2 Å². The van der Waals surface area contributed by atoms with Crippen LogP contribution in [0.25, 0.3) is 0 Å². The highest BCUT2D eigenvalue weighted by atomic mass is 19.1. The Kier molecular flexibility index (Phi) is 3.59. The van der Waals surface area contributed by atoms with Crippen molar-refractivity contribution in [2.24, 2.45) is 0 Å². The first kappa shape index (κ1) is 13.0. The van der Waals surface area contributed by atoms with Crippen molar-refractivity contribution in [3.05, 3.63) is 59.9 Å². The third-order valence-corrected chi connectivity index (χ3v) is 4.05. The van der Waals surface area contributed by atoms with Crippen LogP contribution in [0.3, 0.4) is 0 Å². The van der Waals surface area contributed by atoms with Crippen LogP contribution in [0.1, 0.15) is 24.3 Å². The van der Waals surface area contributed by atoms with Gasteiger partial charge in [0.15, 0.2) is 0 Å². The normalized spacial score (nSPS) is 16.4. The third-order valence-electron chi connectivity index (χ3n) is 4.05. The maximum atomic E-state index is 12.9. The minimum atomic E-state index is -0.171. The van der Waals surface area contributed by atoms with Crippen LogP contribution >= 0.6 is 0 Å². The van der Waals surface area contributed by atoms with Crippen molar-refractivity contribution in [1.82, 2.24) is 0 Å². The van der Waals surface area contributed by atoms with Gasteiger partial charge in [-0.15, -0.1) is 0 Å². The predicted molar refractivity (Wildman–Crippen MR) is 78.7 cm³/mol. The Morgan fingerprint density at radius 3 is 2.10 bits per heavy atom. The summed E-state index contributed by atoms with van der Waals surface area (Å²) in [5.41, 5.74) is 2.39. The number of halogens is 1. The molecular formula is C17H18FNO.